The third-order valence-corrected chi connectivity index (χ3v) is 6.11. The summed E-state index contributed by atoms with van der Waals surface area (Å²) in [6.45, 7) is 7.07. The van der Waals surface area contributed by atoms with Gasteiger partial charge >= 0.3 is 0 Å². The summed E-state index contributed by atoms with van der Waals surface area (Å²) in [6.07, 6.45) is 5.10. The molecule has 4 rings (SSSR count). The fraction of sp³-hybridized carbons (Fsp3) is 0.462. The summed E-state index contributed by atoms with van der Waals surface area (Å²) >= 11 is 0. The molecule has 0 aliphatic carbocycles. The molecule has 0 bridgehead atoms. The van der Waals surface area contributed by atoms with Gasteiger partial charge in [0.2, 0.25) is 5.91 Å². The van der Waals surface area contributed by atoms with Crippen molar-refractivity contribution in [2.75, 3.05) is 32.8 Å². The Bertz CT molecular complexity index is 1010. The molecule has 170 valence electrons. The second-order valence-corrected chi connectivity index (χ2v) is 8.58. The van der Waals surface area contributed by atoms with Crippen molar-refractivity contribution in [3.63, 3.8) is 0 Å². The van der Waals surface area contributed by atoms with E-state index in [9.17, 15) is 4.79 Å². The summed E-state index contributed by atoms with van der Waals surface area (Å²) in [4.78, 5) is 19.5. The van der Waals surface area contributed by atoms with Gasteiger partial charge in [-0.05, 0) is 57.1 Å². The standard InChI is InChI=1S/C26H34N4O2/c1-21-9-11-22(12-10-21)32-20-19-30-24-8-4-3-7-23(24)28-25(30)13-15-27-26(31)14-18-29-16-5-2-6-17-29/h3-4,7-12H,2,5-6,13-20H2,1H3,(H,27,31). The van der Waals surface area contributed by atoms with Gasteiger partial charge < -0.3 is 19.5 Å². The highest BCUT2D eigenvalue weighted by Crippen LogP contribution is 2.17. The molecule has 1 amide bonds. The fourth-order valence-electron chi connectivity index (χ4n) is 4.30. The number of nitrogens with one attached hydrogen (secondary N) is 1. The summed E-state index contributed by atoms with van der Waals surface area (Å²) < 4.78 is 8.16. The number of carbonyl (C=O) groups excluding carboxylic acids is 1. The number of nitrogens with zero attached hydrogens (tertiary/aromatic N) is 3. The lowest BCUT2D eigenvalue weighted by molar-refractivity contribution is -0.121. The van der Waals surface area contributed by atoms with E-state index in [0.29, 0.717) is 32.5 Å². The molecule has 0 atom stereocenters. The second kappa shape index (κ2) is 11.1. The number of hydrogen-bond acceptors (Lipinski definition) is 4. The van der Waals surface area contributed by atoms with Crippen LogP contribution in [0.3, 0.4) is 0 Å². The zero-order valence-corrected chi connectivity index (χ0v) is 19.1. The van der Waals surface area contributed by atoms with Crippen LogP contribution < -0.4 is 10.1 Å². The van der Waals surface area contributed by atoms with E-state index in [2.05, 4.69) is 39.9 Å². The molecule has 2 aromatic carbocycles. The first-order valence-electron chi connectivity index (χ1n) is 11.8. The lowest BCUT2D eigenvalue weighted by Crippen LogP contribution is -2.34. The molecule has 2 heterocycles. The SMILES string of the molecule is Cc1ccc(OCCn2c(CCNC(=O)CCN3CCCCC3)nc3ccccc32)cc1. The highest BCUT2D eigenvalue weighted by atomic mass is 16.5. The first-order valence-corrected chi connectivity index (χ1v) is 11.8. The van der Waals surface area contributed by atoms with Gasteiger partial charge in [-0.15, -0.1) is 0 Å². The summed E-state index contributed by atoms with van der Waals surface area (Å²) in [7, 11) is 0. The van der Waals surface area contributed by atoms with Crippen molar-refractivity contribution in [2.24, 2.45) is 0 Å². The average molecular weight is 435 g/mol. The molecule has 1 aliphatic heterocycles. The van der Waals surface area contributed by atoms with Gasteiger partial charge in [-0.3, -0.25) is 4.79 Å². The highest BCUT2D eigenvalue weighted by molar-refractivity contribution is 5.76. The monoisotopic (exact) mass is 434 g/mol. The van der Waals surface area contributed by atoms with Crippen molar-refractivity contribution >= 4 is 16.9 Å². The van der Waals surface area contributed by atoms with Crippen LogP contribution in [-0.2, 0) is 17.8 Å². The number of fused-ring (bicyclic) bond motifs is 1. The van der Waals surface area contributed by atoms with E-state index >= 15 is 0 Å². The summed E-state index contributed by atoms with van der Waals surface area (Å²) in [5.74, 6) is 1.98. The number of aromatic nitrogens is 2. The topological polar surface area (TPSA) is 59.4 Å². The van der Waals surface area contributed by atoms with Crippen LogP contribution in [0.5, 0.6) is 5.75 Å². The van der Waals surface area contributed by atoms with Gasteiger partial charge in [-0.25, -0.2) is 4.98 Å². The molecule has 1 N–H and O–H groups in total. The Balaban J connectivity index is 1.30. The van der Waals surface area contributed by atoms with Crippen molar-refractivity contribution < 1.29 is 9.53 Å². The Hall–Kier alpha value is -2.86. The first-order chi connectivity index (χ1) is 15.7. The zero-order valence-electron chi connectivity index (χ0n) is 19.1. The lowest BCUT2D eigenvalue weighted by atomic mass is 10.1. The number of ether oxygens (including phenoxy) is 1. The summed E-state index contributed by atoms with van der Waals surface area (Å²) in [5, 5.41) is 3.08. The number of rotatable bonds is 10. The van der Waals surface area contributed by atoms with Crippen LogP contribution in [0.25, 0.3) is 11.0 Å². The smallest absolute Gasteiger partial charge is 0.221 e. The molecule has 1 aliphatic rings. The Morgan fingerprint density at radius 2 is 1.81 bits per heavy atom. The molecule has 1 fully saturated rings. The van der Waals surface area contributed by atoms with Gasteiger partial charge in [0.1, 0.15) is 18.2 Å². The van der Waals surface area contributed by atoms with Crippen LogP contribution in [0.2, 0.25) is 0 Å². The van der Waals surface area contributed by atoms with Crippen LogP contribution in [0.15, 0.2) is 48.5 Å². The van der Waals surface area contributed by atoms with E-state index in [1.54, 1.807) is 0 Å². The van der Waals surface area contributed by atoms with E-state index in [1.807, 2.05) is 30.3 Å². The van der Waals surface area contributed by atoms with Crippen molar-refractivity contribution in [1.29, 1.82) is 0 Å². The van der Waals surface area contributed by atoms with E-state index in [1.165, 1.54) is 24.8 Å². The molecule has 6 heteroatoms. The van der Waals surface area contributed by atoms with Gasteiger partial charge in [0.25, 0.3) is 0 Å². The van der Waals surface area contributed by atoms with Gasteiger partial charge in [0.05, 0.1) is 17.6 Å². The van der Waals surface area contributed by atoms with Crippen LogP contribution in [0.1, 0.15) is 37.1 Å². The predicted octanol–water partition coefficient (Wildman–Crippen LogP) is 3.96. The molecule has 6 nitrogen and oxygen atoms in total. The molecular formula is C26H34N4O2. The summed E-state index contributed by atoms with van der Waals surface area (Å²) in [6, 6.07) is 16.3. The van der Waals surface area contributed by atoms with Crippen molar-refractivity contribution in [1.82, 2.24) is 19.8 Å². The Kier molecular flexibility index (Phi) is 7.77. The molecule has 1 aromatic heterocycles. The summed E-state index contributed by atoms with van der Waals surface area (Å²) in [5.41, 5.74) is 3.30. The maximum absolute atomic E-state index is 12.3. The molecule has 0 saturated carbocycles. The zero-order chi connectivity index (χ0) is 22.2. The van der Waals surface area contributed by atoms with Crippen molar-refractivity contribution in [2.45, 2.75) is 45.6 Å². The van der Waals surface area contributed by atoms with Crippen molar-refractivity contribution in [3.8, 4) is 5.75 Å². The normalized spacial score (nSPS) is 14.5. The van der Waals surface area contributed by atoms with Crippen LogP contribution in [0.4, 0.5) is 0 Å². The molecule has 1 saturated heterocycles. The third-order valence-electron chi connectivity index (χ3n) is 6.11. The van der Waals surface area contributed by atoms with Crippen LogP contribution >= 0.6 is 0 Å². The molecule has 32 heavy (non-hydrogen) atoms. The molecule has 0 radical (unpaired) electrons. The number of aryl methyl sites for hydroxylation is 1. The Labute approximate surface area is 190 Å². The Morgan fingerprint density at radius 3 is 2.62 bits per heavy atom. The average Bonchev–Trinajstić information content (AvgIpc) is 3.17. The molecule has 3 aromatic rings. The van der Waals surface area contributed by atoms with Crippen molar-refractivity contribution in [3.05, 3.63) is 59.9 Å². The quantitative estimate of drug-likeness (QED) is 0.525. The van der Waals surface area contributed by atoms with Crippen LogP contribution in [0, 0.1) is 6.92 Å². The van der Waals surface area contributed by atoms with E-state index in [4.69, 9.17) is 9.72 Å². The van der Waals surface area contributed by atoms with Gasteiger partial charge in [0.15, 0.2) is 0 Å². The van der Waals surface area contributed by atoms with E-state index in [0.717, 1.165) is 42.2 Å². The number of amides is 1. The maximum atomic E-state index is 12.3. The fourth-order valence-corrected chi connectivity index (χ4v) is 4.30. The molecular weight excluding hydrogens is 400 g/mol. The van der Waals surface area contributed by atoms with Gasteiger partial charge in [-0.2, -0.15) is 0 Å². The molecule has 0 spiro atoms. The van der Waals surface area contributed by atoms with Gasteiger partial charge in [0, 0.05) is 25.9 Å². The number of para-hydroxylation sites is 2. The van der Waals surface area contributed by atoms with E-state index in [-0.39, 0.29) is 5.91 Å². The minimum Gasteiger partial charge on any atom is -0.492 e. The first kappa shape index (κ1) is 22.3. The predicted molar refractivity (Wildman–Crippen MR) is 128 cm³/mol. The van der Waals surface area contributed by atoms with Gasteiger partial charge in [-0.1, -0.05) is 36.2 Å². The Morgan fingerprint density at radius 1 is 1.03 bits per heavy atom. The number of imidazole rings is 1. The minimum atomic E-state index is 0.126. The number of piperidine rings is 1. The third kappa shape index (κ3) is 6.10. The van der Waals surface area contributed by atoms with E-state index < -0.39 is 0 Å². The van der Waals surface area contributed by atoms with Crippen LogP contribution in [-0.4, -0.2) is 53.1 Å². The number of benzene rings is 2. The minimum absolute atomic E-state index is 0.126. The lowest BCUT2D eigenvalue weighted by Gasteiger charge is -2.25. The number of carbonyl (C=O) groups is 1. The second-order valence-electron chi connectivity index (χ2n) is 8.58. The number of hydrogen-bond donors (Lipinski definition) is 1. The highest BCUT2D eigenvalue weighted by Gasteiger charge is 2.13. The molecule has 0 unspecified atom stereocenters. The largest absolute Gasteiger partial charge is 0.492 e. The number of likely N-dealkylation sites (tertiary alicyclic amines) is 1. The maximum Gasteiger partial charge on any atom is 0.221 e.